The van der Waals surface area contributed by atoms with Gasteiger partial charge in [0.25, 0.3) is 0 Å². The standard InChI is InChI=1S/C18H19ClF3N3O/c1-10(12-6-4-3-5-7-12)23-17(26)11(2)25-15(13-8-9-13)14(19)16(24-25)18(20,21)22/h3-7,10-11,13H,8-9H2,1-2H3,(H,23,26). The summed E-state index contributed by atoms with van der Waals surface area (Å²) < 4.78 is 40.6. The Hall–Kier alpha value is -2.02. The lowest BCUT2D eigenvalue weighted by molar-refractivity contribution is -0.141. The van der Waals surface area contributed by atoms with Gasteiger partial charge in [-0.2, -0.15) is 18.3 Å². The molecule has 2 unspecified atom stereocenters. The third kappa shape index (κ3) is 3.72. The van der Waals surface area contributed by atoms with E-state index in [1.807, 2.05) is 37.3 Å². The minimum atomic E-state index is -4.65. The molecule has 0 spiro atoms. The largest absolute Gasteiger partial charge is 0.436 e. The van der Waals surface area contributed by atoms with Crippen LogP contribution in [0.25, 0.3) is 0 Å². The number of halogens is 4. The van der Waals surface area contributed by atoms with Crippen LogP contribution in [0.4, 0.5) is 13.2 Å². The fourth-order valence-electron chi connectivity index (χ4n) is 2.90. The molecule has 0 saturated heterocycles. The normalized spacial score (nSPS) is 17.0. The molecule has 1 heterocycles. The average molecular weight is 386 g/mol. The molecule has 1 fully saturated rings. The van der Waals surface area contributed by atoms with Crippen molar-refractivity contribution in [1.82, 2.24) is 15.1 Å². The number of amides is 1. The highest BCUT2D eigenvalue weighted by molar-refractivity contribution is 6.32. The Labute approximate surface area is 154 Å². The van der Waals surface area contributed by atoms with Crippen molar-refractivity contribution in [2.24, 2.45) is 0 Å². The summed E-state index contributed by atoms with van der Waals surface area (Å²) in [5.74, 6) is -0.482. The molecule has 0 radical (unpaired) electrons. The van der Waals surface area contributed by atoms with Crippen molar-refractivity contribution in [2.45, 2.75) is 50.9 Å². The number of carbonyl (C=O) groups is 1. The highest BCUT2D eigenvalue weighted by Crippen LogP contribution is 2.47. The third-order valence-corrected chi connectivity index (χ3v) is 4.90. The molecule has 1 N–H and O–H groups in total. The number of hydrogen-bond donors (Lipinski definition) is 1. The number of nitrogens with one attached hydrogen (secondary N) is 1. The average Bonchev–Trinajstić information content (AvgIpc) is 3.36. The van der Waals surface area contributed by atoms with E-state index in [4.69, 9.17) is 11.6 Å². The van der Waals surface area contributed by atoms with Crippen LogP contribution in [0.3, 0.4) is 0 Å². The monoisotopic (exact) mass is 385 g/mol. The molecule has 1 aliphatic carbocycles. The van der Waals surface area contributed by atoms with E-state index >= 15 is 0 Å². The van der Waals surface area contributed by atoms with Crippen LogP contribution in [0.5, 0.6) is 0 Å². The summed E-state index contributed by atoms with van der Waals surface area (Å²) in [6.07, 6.45) is -3.16. The van der Waals surface area contributed by atoms with E-state index in [1.165, 1.54) is 6.92 Å². The fourth-order valence-corrected chi connectivity index (χ4v) is 3.28. The predicted molar refractivity (Wildman–Crippen MR) is 91.9 cm³/mol. The molecule has 2 atom stereocenters. The smallest absolute Gasteiger partial charge is 0.348 e. The molecule has 8 heteroatoms. The SMILES string of the molecule is CC(NC(=O)C(C)n1nc(C(F)(F)F)c(Cl)c1C1CC1)c1ccccc1. The molecule has 1 aromatic heterocycles. The van der Waals surface area contributed by atoms with Gasteiger partial charge in [0.15, 0.2) is 5.69 Å². The zero-order chi connectivity index (χ0) is 19.1. The van der Waals surface area contributed by atoms with E-state index in [-0.39, 0.29) is 12.0 Å². The van der Waals surface area contributed by atoms with Crippen LogP contribution in [-0.2, 0) is 11.0 Å². The number of nitrogens with zero attached hydrogens (tertiary/aromatic N) is 2. The van der Waals surface area contributed by atoms with Gasteiger partial charge >= 0.3 is 6.18 Å². The Bertz CT molecular complexity index is 800. The summed E-state index contributed by atoms with van der Waals surface area (Å²) in [4.78, 5) is 12.6. The second-order valence-corrected chi connectivity index (χ2v) is 6.96. The van der Waals surface area contributed by atoms with Crippen molar-refractivity contribution in [2.75, 3.05) is 0 Å². The molecule has 140 valence electrons. The van der Waals surface area contributed by atoms with Crippen molar-refractivity contribution in [3.63, 3.8) is 0 Å². The molecule has 3 rings (SSSR count). The van der Waals surface area contributed by atoms with Gasteiger partial charge in [0.05, 0.1) is 16.8 Å². The number of rotatable bonds is 5. The van der Waals surface area contributed by atoms with E-state index in [0.717, 1.165) is 23.1 Å². The Morgan fingerprint density at radius 2 is 1.88 bits per heavy atom. The van der Waals surface area contributed by atoms with Crippen LogP contribution in [0, 0.1) is 0 Å². The number of benzene rings is 1. The first-order valence-electron chi connectivity index (χ1n) is 8.40. The minimum Gasteiger partial charge on any atom is -0.348 e. The molecule has 1 saturated carbocycles. The van der Waals surface area contributed by atoms with Gasteiger partial charge in [-0.05, 0) is 32.3 Å². The lowest BCUT2D eigenvalue weighted by atomic mass is 10.1. The first kappa shape index (κ1) is 18.8. The molecule has 26 heavy (non-hydrogen) atoms. The van der Waals surface area contributed by atoms with Crippen LogP contribution < -0.4 is 5.32 Å². The first-order chi connectivity index (χ1) is 12.2. The lowest BCUT2D eigenvalue weighted by Crippen LogP contribution is -2.34. The van der Waals surface area contributed by atoms with Crippen LogP contribution in [-0.4, -0.2) is 15.7 Å². The van der Waals surface area contributed by atoms with Crippen LogP contribution in [0.15, 0.2) is 30.3 Å². The van der Waals surface area contributed by atoms with Crippen LogP contribution >= 0.6 is 11.6 Å². The molecular formula is C18H19ClF3N3O. The van der Waals surface area contributed by atoms with E-state index in [9.17, 15) is 18.0 Å². The number of hydrogen-bond acceptors (Lipinski definition) is 2. The van der Waals surface area contributed by atoms with Crippen molar-refractivity contribution in [3.8, 4) is 0 Å². The van der Waals surface area contributed by atoms with Gasteiger partial charge in [0.1, 0.15) is 6.04 Å². The molecule has 4 nitrogen and oxygen atoms in total. The van der Waals surface area contributed by atoms with Gasteiger partial charge < -0.3 is 5.32 Å². The summed E-state index contributed by atoms with van der Waals surface area (Å²) in [5, 5.41) is 6.07. The first-order valence-corrected chi connectivity index (χ1v) is 8.78. The van der Waals surface area contributed by atoms with Crippen LogP contribution in [0.2, 0.25) is 5.02 Å². The summed E-state index contributed by atoms with van der Waals surface area (Å²) in [6, 6.07) is 8.15. The Kier molecular flexibility index (Phi) is 5.01. The van der Waals surface area contributed by atoms with E-state index in [1.54, 1.807) is 0 Å². The van der Waals surface area contributed by atoms with Gasteiger partial charge in [-0.3, -0.25) is 9.48 Å². The summed E-state index contributed by atoms with van der Waals surface area (Å²) in [7, 11) is 0. The maximum Gasteiger partial charge on any atom is 0.436 e. The van der Waals surface area contributed by atoms with E-state index in [2.05, 4.69) is 10.4 Å². The Morgan fingerprint density at radius 3 is 2.42 bits per heavy atom. The molecular weight excluding hydrogens is 367 g/mol. The topological polar surface area (TPSA) is 46.9 Å². The molecule has 1 aromatic carbocycles. The number of carbonyl (C=O) groups excluding carboxylic acids is 1. The molecule has 1 aliphatic rings. The fraction of sp³-hybridized carbons (Fsp3) is 0.444. The zero-order valence-electron chi connectivity index (χ0n) is 14.3. The van der Waals surface area contributed by atoms with Crippen molar-refractivity contribution in [1.29, 1.82) is 0 Å². The molecule has 2 aromatic rings. The Morgan fingerprint density at radius 1 is 1.27 bits per heavy atom. The lowest BCUT2D eigenvalue weighted by Gasteiger charge is -2.20. The molecule has 0 aliphatic heterocycles. The van der Waals surface area contributed by atoms with Gasteiger partial charge in [-0.1, -0.05) is 41.9 Å². The third-order valence-electron chi connectivity index (χ3n) is 4.52. The summed E-state index contributed by atoms with van der Waals surface area (Å²) >= 11 is 5.96. The van der Waals surface area contributed by atoms with E-state index in [0.29, 0.717) is 5.69 Å². The predicted octanol–water partition coefficient (Wildman–Crippen LogP) is 4.87. The minimum absolute atomic E-state index is 0.0760. The quantitative estimate of drug-likeness (QED) is 0.798. The van der Waals surface area contributed by atoms with Gasteiger partial charge in [-0.15, -0.1) is 0 Å². The second kappa shape index (κ2) is 6.95. The highest BCUT2D eigenvalue weighted by Gasteiger charge is 2.43. The molecule has 0 bridgehead atoms. The number of aromatic nitrogens is 2. The van der Waals surface area contributed by atoms with Gasteiger partial charge in [0, 0.05) is 5.92 Å². The summed E-state index contributed by atoms with van der Waals surface area (Å²) in [6.45, 7) is 3.35. The number of alkyl halides is 3. The summed E-state index contributed by atoms with van der Waals surface area (Å²) in [5.41, 5.74) is 0.0794. The van der Waals surface area contributed by atoms with Crippen molar-refractivity contribution >= 4 is 17.5 Å². The van der Waals surface area contributed by atoms with Gasteiger partial charge in [0.2, 0.25) is 5.91 Å². The van der Waals surface area contributed by atoms with Crippen molar-refractivity contribution < 1.29 is 18.0 Å². The van der Waals surface area contributed by atoms with E-state index < -0.39 is 28.8 Å². The zero-order valence-corrected chi connectivity index (χ0v) is 15.1. The maximum atomic E-state index is 13.2. The maximum absolute atomic E-state index is 13.2. The highest BCUT2D eigenvalue weighted by atomic mass is 35.5. The molecule has 1 amide bonds. The van der Waals surface area contributed by atoms with Crippen LogP contribution in [0.1, 0.15) is 61.6 Å². The van der Waals surface area contributed by atoms with Crippen molar-refractivity contribution in [3.05, 3.63) is 52.3 Å². The Balaban J connectivity index is 1.85. The van der Waals surface area contributed by atoms with Gasteiger partial charge in [-0.25, -0.2) is 0 Å². The second-order valence-electron chi connectivity index (χ2n) is 6.58.